The second kappa shape index (κ2) is 8.64. The number of carbonyl (C=O) groups is 4. The molecule has 0 aliphatic carbocycles. The second-order valence-electron chi connectivity index (χ2n) is 6.99. The first-order chi connectivity index (χ1) is 15.4. The summed E-state index contributed by atoms with van der Waals surface area (Å²) in [5.74, 6) is -2.04. The van der Waals surface area contributed by atoms with Gasteiger partial charge >= 0.3 is 0 Å². The van der Waals surface area contributed by atoms with Gasteiger partial charge < -0.3 is 4.74 Å². The highest BCUT2D eigenvalue weighted by Gasteiger charge is 2.42. The molecule has 0 atom stereocenters. The van der Waals surface area contributed by atoms with Crippen LogP contribution >= 0.6 is 11.6 Å². The minimum atomic E-state index is -0.688. The number of ether oxygens (including phenoxy) is 1. The molecule has 1 aliphatic rings. The van der Waals surface area contributed by atoms with E-state index in [9.17, 15) is 19.2 Å². The molecule has 32 heavy (non-hydrogen) atoms. The Morgan fingerprint density at radius 2 is 1.50 bits per heavy atom. The summed E-state index contributed by atoms with van der Waals surface area (Å²) >= 11 is 5.91. The van der Waals surface area contributed by atoms with E-state index in [2.05, 4.69) is 0 Å². The number of hydrazine groups is 1. The van der Waals surface area contributed by atoms with Gasteiger partial charge in [0.15, 0.2) is 5.78 Å². The highest BCUT2D eigenvalue weighted by Crippen LogP contribution is 2.26. The van der Waals surface area contributed by atoms with Gasteiger partial charge in [0, 0.05) is 16.1 Å². The third kappa shape index (κ3) is 3.86. The molecule has 0 aromatic heterocycles. The summed E-state index contributed by atoms with van der Waals surface area (Å²) in [6.07, 6.45) is 0. The Labute approximate surface area is 188 Å². The number of carbonyl (C=O) groups excluding carboxylic acids is 4. The average molecular weight is 449 g/mol. The SMILES string of the molecule is COc1cccc(C(=O)CN(C(=O)c2ccc(Cl)cc2)N2C(=O)c3ccccc3C2=O)c1. The first-order valence-corrected chi connectivity index (χ1v) is 10.0. The van der Waals surface area contributed by atoms with Crippen molar-refractivity contribution in [3.05, 3.63) is 100 Å². The van der Waals surface area contributed by atoms with Crippen LogP contribution in [0.25, 0.3) is 0 Å². The third-order valence-electron chi connectivity index (χ3n) is 5.02. The first kappa shape index (κ1) is 21.3. The Hall–Kier alpha value is -3.97. The highest BCUT2D eigenvalue weighted by atomic mass is 35.5. The van der Waals surface area contributed by atoms with Crippen LogP contribution in [0.4, 0.5) is 0 Å². The van der Waals surface area contributed by atoms with Gasteiger partial charge in [-0.15, -0.1) is 0 Å². The molecule has 1 aliphatic heterocycles. The van der Waals surface area contributed by atoms with Crippen molar-refractivity contribution in [3.8, 4) is 5.75 Å². The van der Waals surface area contributed by atoms with Crippen molar-refractivity contribution >= 4 is 35.1 Å². The normalized spacial score (nSPS) is 12.5. The first-order valence-electron chi connectivity index (χ1n) is 9.63. The number of hydrogen-bond acceptors (Lipinski definition) is 5. The van der Waals surface area contributed by atoms with E-state index in [1.54, 1.807) is 30.3 Å². The maximum Gasteiger partial charge on any atom is 0.280 e. The summed E-state index contributed by atoms with van der Waals surface area (Å²) in [6.45, 7) is -0.528. The van der Waals surface area contributed by atoms with Crippen LogP contribution in [-0.4, -0.2) is 47.2 Å². The number of methoxy groups -OCH3 is 1. The number of imide groups is 1. The van der Waals surface area contributed by atoms with Crippen LogP contribution in [0.2, 0.25) is 5.02 Å². The zero-order valence-corrected chi connectivity index (χ0v) is 17.7. The molecule has 1 heterocycles. The van der Waals surface area contributed by atoms with Gasteiger partial charge in [0.25, 0.3) is 17.7 Å². The lowest BCUT2D eigenvalue weighted by molar-refractivity contribution is 0.00531. The summed E-state index contributed by atoms with van der Waals surface area (Å²) in [6, 6.07) is 18.6. The number of Topliss-reactive ketones (excluding diaryl/α,β-unsaturated/α-hetero) is 1. The minimum absolute atomic E-state index is 0.167. The molecule has 0 bridgehead atoms. The molecule has 0 saturated heterocycles. The van der Waals surface area contributed by atoms with Crippen LogP contribution < -0.4 is 4.74 Å². The van der Waals surface area contributed by atoms with Crippen molar-refractivity contribution in [1.82, 2.24) is 10.0 Å². The molecule has 0 saturated carbocycles. The molecule has 3 aromatic rings. The maximum absolute atomic E-state index is 13.3. The summed E-state index contributed by atoms with van der Waals surface area (Å²) < 4.78 is 5.15. The maximum atomic E-state index is 13.3. The number of hydrogen-bond donors (Lipinski definition) is 0. The smallest absolute Gasteiger partial charge is 0.280 e. The molecule has 0 fully saturated rings. The molecule has 3 aromatic carbocycles. The van der Waals surface area contributed by atoms with Crippen LogP contribution in [0.5, 0.6) is 5.75 Å². The number of fused-ring (bicyclic) bond motifs is 1. The van der Waals surface area contributed by atoms with E-state index in [1.807, 2.05) is 0 Å². The molecular weight excluding hydrogens is 432 g/mol. The van der Waals surface area contributed by atoms with Crippen LogP contribution in [0.1, 0.15) is 41.4 Å². The van der Waals surface area contributed by atoms with Gasteiger partial charge in [0.05, 0.1) is 18.2 Å². The summed E-state index contributed by atoms with van der Waals surface area (Å²) in [5, 5.41) is 2.01. The molecule has 3 amide bonds. The average Bonchev–Trinajstić information content (AvgIpc) is 3.07. The zero-order valence-electron chi connectivity index (χ0n) is 16.9. The van der Waals surface area contributed by atoms with Crippen molar-refractivity contribution in [2.75, 3.05) is 13.7 Å². The molecule has 8 heteroatoms. The number of nitrogens with zero attached hydrogens (tertiary/aromatic N) is 2. The topological polar surface area (TPSA) is 84.0 Å². The lowest BCUT2D eigenvalue weighted by Crippen LogP contribution is -2.51. The van der Waals surface area contributed by atoms with Crippen LogP contribution in [0, 0.1) is 0 Å². The largest absolute Gasteiger partial charge is 0.497 e. The van der Waals surface area contributed by atoms with Gasteiger partial charge in [-0.2, -0.15) is 5.01 Å². The Morgan fingerprint density at radius 3 is 2.09 bits per heavy atom. The zero-order chi connectivity index (χ0) is 22.8. The van der Waals surface area contributed by atoms with Gasteiger partial charge in [0.1, 0.15) is 12.3 Å². The molecule has 0 radical (unpaired) electrons. The van der Waals surface area contributed by atoms with E-state index in [0.29, 0.717) is 10.8 Å². The van der Waals surface area contributed by atoms with Crippen molar-refractivity contribution in [3.63, 3.8) is 0 Å². The molecule has 0 spiro atoms. The Morgan fingerprint density at radius 1 is 0.875 bits per heavy atom. The molecular formula is C24H17ClN2O5. The van der Waals surface area contributed by atoms with E-state index in [0.717, 1.165) is 10.0 Å². The van der Waals surface area contributed by atoms with E-state index in [1.165, 1.54) is 49.6 Å². The fraction of sp³-hybridized carbons (Fsp3) is 0.0833. The predicted octanol–water partition coefficient (Wildman–Crippen LogP) is 3.88. The van der Waals surface area contributed by atoms with Gasteiger partial charge in [-0.1, -0.05) is 35.9 Å². The van der Waals surface area contributed by atoms with Gasteiger partial charge in [-0.3, -0.25) is 19.2 Å². The van der Waals surface area contributed by atoms with Crippen molar-refractivity contribution in [1.29, 1.82) is 0 Å². The fourth-order valence-electron chi connectivity index (χ4n) is 3.39. The van der Waals surface area contributed by atoms with Crippen LogP contribution in [0.3, 0.4) is 0 Å². The lowest BCUT2D eigenvalue weighted by Gasteiger charge is -2.29. The monoisotopic (exact) mass is 448 g/mol. The Kier molecular flexibility index (Phi) is 5.75. The van der Waals surface area contributed by atoms with Gasteiger partial charge in [-0.05, 0) is 48.5 Å². The standard InChI is InChI=1S/C24H17ClN2O5/c1-32-18-6-4-5-16(13-18)21(28)14-26(22(29)15-9-11-17(25)12-10-15)27-23(30)19-7-2-3-8-20(19)24(27)31/h2-13H,14H2,1H3. The Bertz CT molecular complexity index is 1200. The van der Waals surface area contributed by atoms with Gasteiger partial charge in [0.2, 0.25) is 0 Å². The molecule has 0 N–H and O–H groups in total. The van der Waals surface area contributed by atoms with E-state index >= 15 is 0 Å². The fourth-order valence-corrected chi connectivity index (χ4v) is 3.52. The van der Waals surface area contributed by atoms with Crippen molar-refractivity contribution in [2.45, 2.75) is 0 Å². The molecule has 7 nitrogen and oxygen atoms in total. The van der Waals surface area contributed by atoms with Crippen molar-refractivity contribution < 1.29 is 23.9 Å². The second-order valence-corrected chi connectivity index (χ2v) is 7.43. The van der Waals surface area contributed by atoms with Gasteiger partial charge in [-0.25, -0.2) is 5.01 Å². The number of halogens is 1. The molecule has 160 valence electrons. The summed E-state index contributed by atoms with van der Waals surface area (Å²) in [7, 11) is 1.47. The molecule has 4 rings (SSSR count). The number of ketones is 1. The summed E-state index contributed by atoms with van der Waals surface area (Å²) in [4.78, 5) is 52.4. The predicted molar refractivity (Wildman–Crippen MR) is 117 cm³/mol. The number of benzene rings is 3. The minimum Gasteiger partial charge on any atom is -0.497 e. The van der Waals surface area contributed by atoms with E-state index < -0.39 is 30.0 Å². The summed E-state index contributed by atoms with van der Waals surface area (Å²) in [5.41, 5.74) is 0.778. The molecule has 0 unspecified atom stereocenters. The lowest BCUT2D eigenvalue weighted by atomic mass is 10.1. The third-order valence-corrected chi connectivity index (χ3v) is 5.28. The number of rotatable bonds is 6. The van der Waals surface area contributed by atoms with Crippen molar-refractivity contribution in [2.24, 2.45) is 0 Å². The van der Waals surface area contributed by atoms with Crippen LogP contribution in [0.15, 0.2) is 72.8 Å². The quantitative estimate of drug-likeness (QED) is 0.422. The highest BCUT2D eigenvalue weighted by molar-refractivity contribution is 6.30. The van der Waals surface area contributed by atoms with E-state index in [-0.39, 0.29) is 22.3 Å². The number of amides is 3. The van der Waals surface area contributed by atoms with Crippen LogP contribution in [-0.2, 0) is 0 Å². The van der Waals surface area contributed by atoms with E-state index in [4.69, 9.17) is 16.3 Å². The Balaban J connectivity index is 1.72.